The molecule has 0 spiro atoms. The first-order chi connectivity index (χ1) is 5.52. The van der Waals surface area contributed by atoms with E-state index in [1.54, 1.807) is 0 Å². The highest BCUT2D eigenvalue weighted by atomic mass is 16.5. The third kappa shape index (κ3) is 2.46. The van der Waals surface area contributed by atoms with Crippen LogP contribution >= 0.6 is 0 Å². The van der Waals surface area contributed by atoms with Crippen LogP contribution in [0.15, 0.2) is 0 Å². The van der Waals surface area contributed by atoms with Gasteiger partial charge in [-0.3, -0.25) is 0 Å². The van der Waals surface area contributed by atoms with Crippen LogP contribution in [0, 0.1) is 5.41 Å². The lowest BCUT2D eigenvalue weighted by atomic mass is 9.80. The van der Waals surface area contributed by atoms with Gasteiger partial charge in [-0.15, -0.1) is 0 Å². The average molecular weight is 172 g/mol. The van der Waals surface area contributed by atoms with Gasteiger partial charge in [0.1, 0.15) is 0 Å². The summed E-state index contributed by atoms with van der Waals surface area (Å²) in [6, 6.07) is 0. The van der Waals surface area contributed by atoms with Gasteiger partial charge in [-0.05, 0) is 31.6 Å². The Morgan fingerprint density at radius 1 is 1.58 bits per heavy atom. The van der Waals surface area contributed by atoms with Crippen LogP contribution in [-0.4, -0.2) is 23.9 Å². The van der Waals surface area contributed by atoms with Crippen LogP contribution in [0.25, 0.3) is 0 Å². The summed E-state index contributed by atoms with van der Waals surface area (Å²) in [6.45, 7) is 7.09. The maximum absolute atomic E-state index is 9.29. The van der Waals surface area contributed by atoms with Crippen molar-refractivity contribution in [2.24, 2.45) is 5.41 Å². The maximum Gasteiger partial charge on any atom is 0.0627 e. The number of hydrogen-bond acceptors (Lipinski definition) is 2. The first-order valence-corrected chi connectivity index (χ1v) is 4.82. The number of rotatable bonds is 3. The van der Waals surface area contributed by atoms with Gasteiger partial charge in [-0.2, -0.15) is 0 Å². The van der Waals surface area contributed by atoms with Gasteiger partial charge in [-0.25, -0.2) is 0 Å². The Bertz CT molecular complexity index is 135. The number of aliphatic hydroxyl groups is 1. The quantitative estimate of drug-likeness (QED) is 0.705. The Balaban J connectivity index is 2.45. The summed E-state index contributed by atoms with van der Waals surface area (Å²) >= 11 is 0. The fraction of sp³-hybridized carbons (Fsp3) is 1.00. The lowest BCUT2D eigenvalue weighted by molar-refractivity contribution is -0.00747. The molecule has 0 aromatic carbocycles. The summed E-state index contributed by atoms with van der Waals surface area (Å²) in [5.74, 6) is 0. The minimum atomic E-state index is -0.218. The second-order valence-corrected chi connectivity index (χ2v) is 4.54. The van der Waals surface area contributed by atoms with Crippen molar-refractivity contribution in [1.29, 1.82) is 0 Å². The van der Waals surface area contributed by atoms with Crippen molar-refractivity contribution in [1.82, 2.24) is 0 Å². The van der Waals surface area contributed by atoms with Crippen molar-refractivity contribution in [3.8, 4) is 0 Å². The molecule has 12 heavy (non-hydrogen) atoms. The zero-order chi connectivity index (χ0) is 9.19. The molecular formula is C10H20O2. The van der Waals surface area contributed by atoms with Crippen LogP contribution in [0.2, 0.25) is 0 Å². The van der Waals surface area contributed by atoms with E-state index in [1.807, 2.05) is 6.92 Å². The summed E-state index contributed by atoms with van der Waals surface area (Å²) in [6.07, 6.45) is 3.29. The monoisotopic (exact) mass is 172 g/mol. The van der Waals surface area contributed by atoms with Gasteiger partial charge in [-0.1, -0.05) is 13.8 Å². The molecule has 0 aromatic rings. The van der Waals surface area contributed by atoms with Gasteiger partial charge in [0.25, 0.3) is 0 Å². The van der Waals surface area contributed by atoms with Crippen molar-refractivity contribution in [2.75, 3.05) is 6.61 Å². The molecule has 1 aliphatic rings. The van der Waals surface area contributed by atoms with Gasteiger partial charge < -0.3 is 9.84 Å². The third-order valence-corrected chi connectivity index (χ3v) is 2.62. The highest BCUT2D eigenvalue weighted by molar-refractivity contribution is 4.83. The predicted octanol–water partition coefficient (Wildman–Crippen LogP) is 1.96. The molecule has 0 bridgehead atoms. The molecule has 2 heteroatoms. The molecular weight excluding hydrogens is 152 g/mol. The number of aliphatic hydroxyl groups excluding tert-OH is 1. The Morgan fingerprint density at radius 3 is 2.67 bits per heavy atom. The summed E-state index contributed by atoms with van der Waals surface area (Å²) in [5, 5.41) is 9.29. The summed E-state index contributed by atoms with van der Waals surface area (Å²) < 4.78 is 5.61. The van der Waals surface area contributed by atoms with Gasteiger partial charge in [0.2, 0.25) is 0 Å². The molecule has 0 amide bonds. The highest BCUT2D eigenvalue weighted by Gasteiger charge is 2.33. The zero-order valence-electron chi connectivity index (χ0n) is 8.34. The fourth-order valence-corrected chi connectivity index (χ4v) is 2.09. The molecule has 1 aliphatic heterocycles. The normalized spacial score (nSPS) is 27.5. The van der Waals surface area contributed by atoms with E-state index in [1.165, 1.54) is 6.42 Å². The summed E-state index contributed by atoms with van der Waals surface area (Å²) in [4.78, 5) is 0. The Kier molecular flexibility index (Phi) is 3.13. The molecule has 2 unspecified atom stereocenters. The van der Waals surface area contributed by atoms with E-state index in [-0.39, 0.29) is 11.5 Å². The van der Waals surface area contributed by atoms with Crippen molar-refractivity contribution in [2.45, 2.75) is 52.2 Å². The molecule has 1 heterocycles. The molecule has 1 rings (SSSR count). The standard InChI is InChI=1S/C10H20O2/c1-8(11)7-10(2,3)9-5-4-6-12-9/h8-9,11H,4-7H2,1-3H3. The molecule has 0 radical (unpaired) electrons. The second kappa shape index (κ2) is 3.75. The fourth-order valence-electron chi connectivity index (χ4n) is 2.09. The summed E-state index contributed by atoms with van der Waals surface area (Å²) in [5.41, 5.74) is 0.130. The van der Waals surface area contributed by atoms with Crippen LogP contribution in [0.1, 0.15) is 40.0 Å². The van der Waals surface area contributed by atoms with Gasteiger partial charge >= 0.3 is 0 Å². The topological polar surface area (TPSA) is 29.5 Å². The molecule has 0 aliphatic carbocycles. The highest BCUT2D eigenvalue weighted by Crippen LogP contribution is 2.34. The van der Waals surface area contributed by atoms with Crippen molar-refractivity contribution < 1.29 is 9.84 Å². The molecule has 2 nitrogen and oxygen atoms in total. The third-order valence-electron chi connectivity index (χ3n) is 2.62. The second-order valence-electron chi connectivity index (χ2n) is 4.54. The number of hydrogen-bond donors (Lipinski definition) is 1. The van der Waals surface area contributed by atoms with E-state index < -0.39 is 0 Å². The maximum atomic E-state index is 9.29. The predicted molar refractivity (Wildman–Crippen MR) is 49.1 cm³/mol. The lowest BCUT2D eigenvalue weighted by Crippen LogP contribution is -2.31. The first kappa shape index (κ1) is 10.0. The van der Waals surface area contributed by atoms with Crippen LogP contribution < -0.4 is 0 Å². The summed E-state index contributed by atoms with van der Waals surface area (Å²) in [7, 11) is 0. The molecule has 2 atom stereocenters. The Hall–Kier alpha value is -0.0800. The van der Waals surface area contributed by atoms with E-state index in [4.69, 9.17) is 4.74 Å². The van der Waals surface area contributed by atoms with E-state index in [2.05, 4.69) is 13.8 Å². The SMILES string of the molecule is CC(O)CC(C)(C)C1CCCO1. The Labute approximate surface area is 74.9 Å². The zero-order valence-corrected chi connectivity index (χ0v) is 8.34. The van der Waals surface area contributed by atoms with Crippen molar-refractivity contribution in [3.63, 3.8) is 0 Å². The Morgan fingerprint density at radius 2 is 2.25 bits per heavy atom. The van der Waals surface area contributed by atoms with E-state index in [0.29, 0.717) is 6.10 Å². The molecule has 0 aromatic heterocycles. The minimum Gasteiger partial charge on any atom is -0.393 e. The smallest absolute Gasteiger partial charge is 0.0627 e. The first-order valence-electron chi connectivity index (χ1n) is 4.82. The minimum absolute atomic E-state index is 0.130. The van der Waals surface area contributed by atoms with Crippen molar-refractivity contribution in [3.05, 3.63) is 0 Å². The van der Waals surface area contributed by atoms with Gasteiger partial charge in [0.05, 0.1) is 12.2 Å². The molecule has 0 saturated carbocycles. The van der Waals surface area contributed by atoms with Crippen LogP contribution in [-0.2, 0) is 4.74 Å². The van der Waals surface area contributed by atoms with Crippen LogP contribution in [0.3, 0.4) is 0 Å². The van der Waals surface area contributed by atoms with Crippen LogP contribution in [0.5, 0.6) is 0 Å². The molecule has 1 N–H and O–H groups in total. The van der Waals surface area contributed by atoms with Gasteiger partial charge in [0, 0.05) is 6.61 Å². The van der Waals surface area contributed by atoms with Crippen molar-refractivity contribution >= 4 is 0 Å². The molecule has 1 fully saturated rings. The van der Waals surface area contributed by atoms with E-state index in [9.17, 15) is 5.11 Å². The largest absolute Gasteiger partial charge is 0.393 e. The molecule has 72 valence electrons. The van der Waals surface area contributed by atoms with Gasteiger partial charge in [0.15, 0.2) is 0 Å². The van der Waals surface area contributed by atoms with Crippen LogP contribution in [0.4, 0.5) is 0 Å². The number of ether oxygens (including phenoxy) is 1. The van der Waals surface area contributed by atoms with E-state index in [0.717, 1.165) is 19.4 Å². The molecule has 1 saturated heterocycles. The van der Waals surface area contributed by atoms with E-state index >= 15 is 0 Å². The average Bonchev–Trinajstić information content (AvgIpc) is 2.32. The lowest BCUT2D eigenvalue weighted by Gasteiger charge is -2.31.